The molecule has 2 heterocycles. The summed E-state index contributed by atoms with van der Waals surface area (Å²) >= 11 is 0. The third-order valence-corrected chi connectivity index (χ3v) is 4.32. The first-order chi connectivity index (χ1) is 13.3. The first-order valence-corrected chi connectivity index (χ1v) is 8.59. The monoisotopic (exact) mass is 384 g/mol. The summed E-state index contributed by atoms with van der Waals surface area (Å²) < 4.78 is 6.63. The highest BCUT2D eigenvalue weighted by atomic mass is 16.5. The van der Waals surface area contributed by atoms with Crippen molar-refractivity contribution in [2.45, 2.75) is 20.3 Å². The van der Waals surface area contributed by atoms with Crippen LogP contribution >= 0.6 is 0 Å². The molecule has 9 heteroatoms. The molecule has 1 atom stereocenters. The number of carbonyl (C=O) groups is 2. The molecule has 9 nitrogen and oxygen atoms in total. The van der Waals surface area contributed by atoms with Crippen LogP contribution in [0.1, 0.15) is 19.0 Å². The number of ether oxygens (including phenoxy) is 1. The fourth-order valence-electron chi connectivity index (χ4n) is 2.87. The number of aryl methyl sites for hydroxylation is 1. The molecule has 1 amide bonds. The molecule has 0 bridgehead atoms. The average Bonchev–Trinajstić information content (AvgIpc) is 2.97. The van der Waals surface area contributed by atoms with Crippen LogP contribution in [0.15, 0.2) is 35.1 Å². The van der Waals surface area contributed by atoms with Crippen molar-refractivity contribution in [3.05, 3.63) is 46.4 Å². The van der Waals surface area contributed by atoms with Crippen LogP contribution in [0.5, 0.6) is 5.75 Å². The summed E-state index contributed by atoms with van der Waals surface area (Å²) in [6, 6.07) is 8.20. The molecule has 0 fully saturated rings. The Kier molecular flexibility index (Phi) is 5.16. The number of aromatic nitrogens is 3. The Hall–Kier alpha value is -3.62. The summed E-state index contributed by atoms with van der Waals surface area (Å²) in [5.74, 6) is -1.55. The van der Waals surface area contributed by atoms with Gasteiger partial charge in [-0.1, -0.05) is 19.1 Å². The highest BCUT2D eigenvalue weighted by Gasteiger charge is 2.17. The minimum atomic E-state index is -1.03. The molecular weight excluding hydrogens is 364 g/mol. The first kappa shape index (κ1) is 19.2. The van der Waals surface area contributed by atoms with Gasteiger partial charge in [-0.2, -0.15) is 4.52 Å². The van der Waals surface area contributed by atoms with Gasteiger partial charge in [0.1, 0.15) is 0 Å². The highest BCUT2D eigenvalue weighted by Crippen LogP contribution is 2.24. The maximum atomic E-state index is 12.4. The fraction of sp³-hybridized carbons (Fsp3) is 0.263. The van der Waals surface area contributed by atoms with Gasteiger partial charge in [-0.3, -0.25) is 19.5 Å². The summed E-state index contributed by atoms with van der Waals surface area (Å²) in [6.07, 6.45) is -0.240. The predicted octanol–water partition coefficient (Wildman–Crippen LogP) is 2.06. The molecule has 3 aromatic rings. The molecule has 0 saturated carbocycles. The van der Waals surface area contributed by atoms with E-state index in [1.165, 1.54) is 17.7 Å². The number of hydrogen-bond acceptors (Lipinski definition) is 5. The molecule has 1 aromatic carbocycles. The number of amides is 1. The number of benzene rings is 1. The van der Waals surface area contributed by atoms with E-state index < -0.39 is 11.9 Å². The fourth-order valence-corrected chi connectivity index (χ4v) is 2.87. The van der Waals surface area contributed by atoms with E-state index in [1.54, 1.807) is 38.1 Å². The number of fused-ring (bicyclic) bond motifs is 1. The number of nitrogens with one attached hydrogen (secondary N) is 2. The third kappa shape index (κ3) is 3.73. The van der Waals surface area contributed by atoms with E-state index in [4.69, 9.17) is 9.84 Å². The minimum Gasteiger partial charge on any atom is -0.491 e. The van der Waals surface area contributed by atoms with Gasteiger partial charge in [-0.15, -0.1) is 0 Å². The van der Waals surface area contributed by atoms with E-state index >= 15 is 0 Å². The second-order valence-corrected chi connectivity index (χ2v) is 6.47. The van der Waals surface area contributed by atoms with Gasteiger partial charge in [-0.05, 0) is 19.1 Å². The van der Waals surface area contributed by atoms with Crippen molar-refractivity contribution < 1.29 is 19.4 Å². The maximum absolute atomic E-state index is 12.4. The van der Waals surface area contributed by atoms with Crippen LogP contribution in [0.3, 0.4) is 0 Å². The van der Waals surface area contributed by atoms with Crippen molar-refractivity contribution in [1.82, 2.24) is 14.6 Å². The topological polar surface area (TPSA) is 126 Å². The number of carbonyl (C=O) groups excluding carboxylic acids is 1. The molecule has 0 spiro atoms. The zero-order valence-electron chi connectivity index (χ0n) is 15.6. The number of hydrogen-bond donors (Lipinski definition) is 3. The Labute approximate surface area is 160 Å². The molecule has 2 aromatic heterocycles. The van der Waals surface area contributed by atoms with Crippen LogP contribution in [0.25, 0.3) is 16.9 Å². The Morgan fingerprint density at radius 3 is 2.61 bits per heavy atom. The van der Waals surface area contributed by atoms with E-state index in [-0.39, 0.29) is 17.9 Å². The molecule has 28 heavy (non-hydrogen) atoms. The maximum Gasteiger partial charge on any atom is 0.304 e. The van der Waals surface area contributed by atoms with E-state index in [1.807, 2.05) is 0 Å². The lowest BCUT2D eigenvalue weighted by atomic mass is 10.1. The summed E-state index contributed by atoms with van der Waals surface area (Å²) in [5, 5.41) is 14.4. The van der Waals surface area contributed by atoms with Gasteiger partial charge in [0.15, 0.2) is 11.4 Å². The SMILES string of the molecule is COc1c(C)[nH]n2c(=O)cc(-c3ccc(NC(=O)C(C)CC(=O)O)cc3)nc12. The van der Waals surface area contributed by atoms with Gasteiger partial charge in [0.2, 0.25) is 5.91 Å². The highest BCUT2D eigenvalue weighted by molar-refractivity contribution is 5.94. The van der Waals surface area contributed by atoms with Crippen LogP contribution in [0.4, 0.5) is 5.69 Å². The molecule has 146 valence electrons. The van der Waals surface area contributed by atoms with Gasteiger partial charge in [0.05, 0.1) is 24.9 Å². The average molecular weight is 384 g/mol. The lowest BCUT2D eigenvalue weighted by molar-refractivity contribution is -0.139. The van der Waals surface area contributed by atoms with Crippen LogP contribution < -0.4 is 15.6 Å². The quantitative estimate of drug-likeness (QED) is 0.597. The van der Waals surface area contributed by atoms with Crippen molar-refractivity contribution in [1.29, 1.82) is 0 Å². The number of rotatable bonds is 6. The number of aliphatic carboxylic acids is 1. The van der Waals surface area contributed by atoms with Crippen LogP contribution in [0.2, 0.25) is 0 Å². The first-order valence-electron chi connectivity index (χ1n) is 8.59. The van der Waals surface area contributed by atoms with Crippen LogP contribution in [-0.2, 0) is 9.59 Å². The number of H-pyrrole nitrogens is 1. The largest absolute Gasteiger partial charge is 0.491 e. The van der Waals surface area contributed by atoms with Gasteiger partial charge >= 0.3 is 5.97 Å². The summed E-state index contributed by atoms with van der Waals surface area (Å²) in [4.78, 5) is 39.6. The molecule has 3 N–H and O–H groups in total. The zero-order chi connectivity index (χ0) is 20.4. The number of carboxylic acid groups (broad SMARTS) is 1. The zero-order valence-corrected chi connectivity index (χ0v) is 15.6. The predicted molar refractivity (Wildman–Crippen MR) is 103 cm³/mol. The van der Waals surface area contributed by atoms with E-state index in [9.17, 15) is 14.4 Å². The number of anilines is 1. The van der Waals surface area contributed by atoms with Crippen molar-refractivity contribution in [3.8, 4) is 17.0 Å². The molecule has 0 aliphatic carbocycles. The van der Waals surface area contributed by atoms with Crippen molar-refractivity contribution >= 4 is 23.2 Å². The number of nitrogens with zero attached hydrogens (tertiary/aromatic N) is 2. The lowest BCUT2D eigenvalue weighted by Gasteiger charge is -2.10. The Morgan fingerprint density at radius 2 is 2.00 bits per heavy atom. The van der Waals surface area contributed by atoms with Crippen molar-refractivity contribution in [2.75, 3.05) is 12.4 Å². The van der Waals surface area contributed by atoms with Crippen LogP contribution in [-0.4, -0.2) is 38.7 Å². The van der Waals surface area contributed by atoms with Crippen molar-refractivity contribution in [2.24, 2.45) is 5.92 Å². The summed E-state index contributed by atoms with van der Waals surface area (Å²) in [5.41, 5.74) is 2.50. The van der Waals surface area contributed by atoms with Gasteiger partial charge in [0.25, 0.3) is 5.56 Å². The van der Waals surface area contributed by atoms with Crippen molar-refractivity contribution in [3.63, 3.8) is 0 Å². The Morgan fingerprint density at radius 1 is 1.32 bits per heavy atom. The molecule has 0 aliphatic heterocycles. The second-order valence-electron chi connectivity index (χ2n) is 6.47. The minimum absolute atomic E-state index is 0.240. The third-order valence-electron chi connectivity index (χ3n) is 4.32. The van der Waals surface area contributed by atoms with E-state index in [0.717, 1.165) is 0 Å². The standard InChI is InChI=1S/C19H20N4O5/c1-10(8-16(25)26)19(27)20-13-6-4-12(5-7-13)14-9-15(24)23-18(21-14)17(28-3)11(2)22-23/h4-7,9-10,22H,8H2,1-3H3,(H,20,27)(H,25,26). The summed E-state index contributed by atoms with van der Waals surface area (Å²) in [6.45, 7) is 3.34. The number of methoxy groups -OCH3 is 1. The molecule has 0 saturated heterocycles. The number of carboxylic acids is 1. The number of aromatic amines is 1. The normalized spacial score (nSPS) is 12.0. The second kappa shape index (κ2) is 7.55. The Balaban J connectivity index is 1.86. The van der Waals surface area contributed by atoms with Crippen LogP contribution in [0, 0.1) is 12.8 Å². The van der Waals surface area contributed by atoms with Gasteiger partial charge in [0, 0.05) is 23.2 Å². The molecule has 3 rings (SSSR count). The molecular formula is C19H20N4O5. The molecule has 1 unspecified atom stereocenters. The van der Waals surface area contributed by atoms with E-state index in [2.05, 4.69) is 15.4 Å². The van der Waals surface area contributed by atoms with E-state index in [0.29, 0.717) is 34.0 Å². The summed E-state index contributed by atoms with van der Waals surface area (Å²) in [7, 11) is 1.51. The molecule has 0 radical (unpaired) electrons. The Bertz CT molecular complexity index is 1100. The van der Waals surface area contributed by atoms with Gasteiger partial charge < -0.3 is 15.2 Å². The lowest BCUT2D eigenvalue weighted by Crippen LogP contribution is -2.22. The smallest absolute Gasteiger partial charge is 0.304 e. The van der Waals surface area contributed by atoms with Gasteiger partial charge in [-0.25, -0.2) is 4.98 Å². The molecule has 0 aliphatic rings.